The Bertz CT molecular complexity index is 5230. The van der Waals surface area contributed by atoms with Crippen molar-refractivity contribution in [3.05, 3.63) is 152 Å². The first-order chi connectivity index (χ1) is 55.4. The molecule has 4 aromatic heterocycles. The molecule has 16 rings (SSSR count). The van der Waals surface area contributed by atoms with Crippen LogP contribution in [0, 0.1) is 5.92 Å². The van der Waals surface area contributed by atoms with Gasteiger partial charge in [-0.05, 0) is 161 Å². The summed E-state index contributed by atoms with van der Waals surface area (Å²) in [6.07, 6.45) is 5.80. The fourth-order valence-electron chi connectivity index (χ4n) is 13.5. The van der Waals surface area contributed by atoms with Crippen LogP contribution in [-0.2, 0) is 81.8 Å². The van der Waals surface area contributed by atoms with Crippen molar-refractivity contribution in [3.8, 4) is 45.7 Å². The molecule has 9 aromatic rings. The fourth-order valence-corrected chi connectivity index (χ4v) is 19.8. The molecule has 2 saturated carbocycles. The molecule has 0 amide bonds. The third-order valence-electron chi connectivity index (χ3n) is 21.0. The van der Waals surface area contributed by atoms with Crippen LogP contribution in [0.25, 0.3) is 56.0 Å². The van der Waals surface area contributed by atoms with Crippen LogP contribution in [0.4, 0.5) is 17.1 Å². The van der Waals surface area contributed by atoms with Gasteiger partial charge in [-0.1, -0.05) is 155 Å². The molecule has 11 atom stereocenters. The predicted octanol–water partition coefficient (Wildman–Crippen LogP) is 16.0. The van der Waals surface area contributed by atoms with Gasteiger partial charge in [0, 0.05) is 95.4 Å². The molecule has 5 aromatic carbocycles. The Labute approximate surface area is 717 Å². The van der Waals surface area contributed by atoms with Crippen LogP contribution in [0.3, 0.4) is 0 Å². The number of aliphatic hydroxyl groups excluding tert-OH is 2. The molecule has 7 aliphatic rings. The van der Waals surface area contributed by atoms with Crippen LogP contribution in [0.5, 0.6) is 12.0 Å². The van der Waals surface area contributed by atoms with E-state index in [1.54, 1.807) is 30.9 Å². The standard InChI is InChI=1S/C35H43ClN4O6SSi.C30H41BClN3O7Si.C10H13BrN2OS.C7H8BrNOS/c1-47(42,20-22-5-6-22)39-26-13-11-24(12-14-26)23-7-9-25(10-8-23)31-27(36)17-28-34(38-31)40(21-43-15-16-48(2,3)4)35(37-28)46-30-19-45-32-29(41)18-44-33(30)32;1-29(2)30(3,4)42-31(41-29)19-10-8-18(9-11-19)24-20(32)14-21-27(34-24)35(17-37-12-13-43(5,6)7)28(33-21)40-23-16-39-25-22(36)15-38-26(23)25;1-15(14,13-10-6-7-10)12-9-4-2-8(11)3-5-9;1-11(10)9-7-4-2-6(8)3-5-7/h7-14,17,22,29-30,32-33,41H,5-6,15-16,18-21H2,1-4H3;8-11,14,22-23,25-26,36H,12-13,15-17H2,1-7H3;2-5,10H,6-7H2,1H3,(H,12,13,14);2-5,9H,1H3/t29-,30-,32-,33-,47?;22-,23-,25-,26-;;/m11../s1. The van der Waals surface area contributed by atoms with Crippen molar-refractivity contribution in [3.63, 3.8) is 0 Å². The zero-order chi connectivity index (χ0) is 83.5. The lowest BCUT2D eigenvalue weighted by Gasteiger charge is -2.32. The van der Waals surface area contributed by atoms with E-state index in [2.05, 4.69) is 89.3 Å². The summed E-state index contributed by atoms with van der Waals surface area (Å²) in [5.41, 5.74) is 9.84. The molecule has 4 N–H and O–H groups in total. The largest absolute Gasteiger partial charge is 0.494 e. The first kappa shape index (κ1) is 89.2. The second-order valence-corrected chi connectivity index (χ2v) is 53.6. The number of pyridine rings is 2. The summed E-state index contributed by atoms with van der Waals surface area (Å²) in [6.45, 7) is 24.8. The molecule has 7 fully saturated rings. The number of rotatable bonds is 26. The number of anilines is 1. The summed E-state index contributed by atoms with van der Waals surface area (Å²) in [6, 6.07) is 45.6. The van der Waals surface area contributed by atoms with Crippen molar-refractivity contribution >= 4 is 154 Å². The van der Waals surface area contributed by atoms with Gasteiger partial charge in [-0.15, -0.1) is 0 Å². The van der Waals surface area contributed by atoms with E-state index in [1.165, 1.54) is 0 Å². The zero-order valence-electron chi connectivity index (χ0n) is 68.2. The highest BCUT2D eigenvalue weighted by atomic mass is 79.9. The second-order valence-electron chi connectivity index (χ2n) is 34.1. The van der Waals surface area contributed by atoms with Gasteiger partial charge in [0.1, 0.15) is 82.0 Å². The molecule has 0 bridgehead atoms. The average molecular weight is 1860 g/mol. The van der Waals surface area contributed by atoms with Crippen LogP contribution >= 0.6 is 55.1 Å². The Morgan fingerprint density at radius 3 is 1.43 bits per heavy atom. The maximum Gasteiger partial charge on any atom is 0.494 e. The molecule has 35 heteroatoms. The first-order valence-electron chi connectivity index (χ1n) is 39.3. The number of nitrogens with one attached hydrogen (secondary N) is 2. The van der Waals surface area contributed by atoms with Gasteiger partial charge in [-0.3, -0.25) is 9.13 Å². The third-order valence-corrected chi connectivity index (χ3v) is 29.6. The smallest absolute Gasteiger partial charge is 0.456 e. The minimum absolute atomic E-state index is 0.213. The average Bonchev–Trinajstić information content (AvgIpc) is 1.63. The third kappa shape index (κ3) is 23.8. The lowest BCUT2D eigenvalue weighted by molar-refractivity contribution is 0.00332. The Hall–Kier alpha value is -5.61. The number of nitrogens with zero attached hydrogens (tertiary/aromatic N) is 8. The molecule has 3 unspecified atom stereocenters. The molecule has 0 radical (unpaired) electrons. The zero-order valence-corrected chi connectivity index (χ0v) is 77.3. The molecule has 5 aliphatic heterocycles. The number of hydrogen-bond donors (Lipinski definition) is 4. The number of fused-ring (bicyclic) bond motifs is 4. The van der Waals surface area contributed by atoms with Crippen molar-refractivity contribution in [1.82, 2.24) is 33.8 Å². The number of ether oxygens (including phenoxy) is 8. The Morgan fingerprint density at radius 1 is 0.581 bits per heavy atom. The van der Waals surface area contributed by atoms with E-state index in [4.69, 9.17) is 90.3 Å². The van der Waals surface area contributed by atoms with E-state index in [9.17, 15) is 22.8 Å². The normalized spacial score (nSPS) is 23.1. The minimum Gasteiger partial charge on any atom is -0.456 e. The molecule has 0 spiro atoms. The summed E-state index contributed by atoms with van der Waals surface area (Å²) >= 11 is 20.3. The Kier molecular flexibility index (Phi) is 28.7. The highest BCUT2D eigenvalue weighted by Crippen LogP contribution is 2.41. The highest BCUT2D eigenvalue weighted by molar-refractivity contribution is 9.10. The van der Waals surface area contributed by atoms with Gasteiger partial charge in [-0.25, -0.2) is 27.3 Å². The molecule has 630 valence electrons. The van der Waals surface area contributed by atoms with Crippen molar-refractivity contribution in [2.75, 3.05) is 68.9 Å². The van der Waals surface area contributed by atoms with E-state index in [0.717, 1.165) is 91.5 Å². The monoisotopic (exact) mass is 1860 g/mol. The summed E-state index contributed by atoms with van der Waals surface area (Å²) in [7, 11) is -8.50. The molecule has 9 heterocycles. The van der Waals surface area contributed by atoms with Gasteiger partial charge in [0.05, 0.1) is 70.4 Å². The number of aromatic nitrogens is 6. The predicted molar refractivity (Wildman–Crippen MR) is 477 cm³/mol. The van der Waals surface area contributed by atoms with Crippen molar-refractivity contribution in [1.29, 1.82) is 0 Å². The van der Waals surface area contributed by atoms with E-state index < -0.39 is 102 Å². The fraction of sp³-hybridized carbons (Fsp3) is 0.488. The van der Waals surface area contributed by atoms with Crippen LogP contribution in [-0.4, -0.2) is 205 Å². The maximum atomic E-state index is 12.9. The molecular weight excluding hydrogens is 1760 g/mol. The van der Waals surface area contributed by atoms with Crippen molar-refractivity contribution < 1.29 is 70.0 Å². The van der Waals surface area contributed by atoms with Gasteiger partial charge >= 0.3 is 19.1 Å². The second kappa shape index (κ2) is 37.6. The van der Waals surface area contributed by atoms with E-state index >= 15 is 0 Å². The summed E-state index contributed by atoms with van der Waals surface area (Å²) in [5.74, 6) is 1.24. The maximum absolute atomic E-state index is 12.9. The SMILES string of the molecule is CC1(C)OB(c2ccc(-c3nc4c(cc3Cl)nc(O[C@@H]3CO[C@H]5[C@@H]3OC[C@H]5O)n4COCC[Si](C)(C)C)cc2)OC1(C)C.CS(=O)(=Nc1ccc(Br)cc1)NC1CC1.CS(=O)Nc1ccc(Br)cc1.C[Si](C)(C)CCOCn1c(O[C@@H]2CO[C@H]3[C@@H]2OC[C@H]3O)nc2cc(Cl)c(-c3ccc(-c4ccc(N=S(C)(=O)CC5CC5)cc4)cc3)nc21. The van der Waals surface area contributed by atoms with E-state index in [0.29, 0.717) is 93.3 Å². The number of halogens is 4. The van der Waals surface area contributed by atoms with Crippen LogP contribution in [0.1, 0.15) is 53.4 Å². The Balaban J connectivity index is 0.000000156. The van der Waals surface area contributed by atoms with Gasteiger partial charge in [0.15, 0.2) is 23.5 Å². The molecule has 25 nitrogen and oxygen atoms in total. The molecular formula is C82H105BBr2Cl2N10O15S3Si2. The Morgan fingerprint density at radius 2 is 0.991 bits per heavy atom. The number of benzene rings is 5. The van der Waals surface area contributed by atoms with Gasteiger partial charge in [0.2, 0.25) is 0 Å². The van der Waals surface area contributed by atoms with Crippen LogP contribution in [0.15, 0.2) is 151 Å². The summed E-state index contributed by atoms with van der Waals surface area (Å²) in [4.78, 5) is 19.5. The summed E-state index contributed by atoms with van der Waals surface area (Å²) < 4.78 is 116. The van der Waals surface area contributed by atoms with Crippen LogP contribution < -0.4 is 24.4 Å². The van der Waals surface area contributed by atoms with Gasteiger partial charge in [-0.2, -0.15) is 18.7 Å². The highest BCUT2D eigenvalue weighted by Gasteiger charge is 2.53. The van der Waals surface area contributed by atoms with Crippen molar-refractivity contribution in [2.24, 2.45) is 14.6 Å². The number of imidazole rings is 2. The minimum atomic E-state index is -2.27. The topological polar surface area (TPSA) is 294 Å². The quantitative estimate of drug-likeness (QED) is 0.0289. The lowest BCUT2D eigenvalue weighted by atomic mass is 9.79. The number of hydrogen-bond acceptors (Lipinski definition) is 21. The first-order valence-corrected chi connectivity index (χ1v) is 54.6. The van der Waals surface area contributed by atoms with E-state index in [1.807, 2.05) is 158 Å². The van der Waals surface area contributed by atoms with Crippen molar-refractivity contribution in [2.45, 2.75) is 184 Å². The summed E-state index contributed by atoms with van der Waals surface area (Å²) in [5, 5.41) is 21.3. The van der Waals surface area contributed by atoms with Gasteiger partial charge < -0.3 is 62.1 Å². The van der Waals surface area contributed by atoms with Gasteiger partial charge in [0.25, 0.3) is 0 Å². The molecule has 117 heavy (non-hydrogen) atoms. The van der Waals surface area contributed by atoms with E-state index in [-0.39, 0.29) is 45.5 Å². The number of aliphatic hydroxyl groups is 2. The van der Waals surface area contributed by atoms with Crippen LogP contribution in [0.2, 0.25) is 61.4 Å². The molecule has 5 saturated heterocycles. The lowest BCUT2D eigenvalue weighted by Crippen LogP contribution is -2.41. The molecule has 2 aliphatic carbocycles.